The van der Waals surface area contributed by atoms with Crippen molar-refractivity contribution in [3.63, 3.8) is 0 Å². The summed E-state index contributed by atoms with van der Waals surface area (Å²) in [7, 11) is 2.02. The Morgan fingerprint density at radius 3 is 2.40 bits per heavy atom. The van der Waals surface area contributed by atoms with Crippen LogP contribution in [0, 0.1) is 17.8 Å². The second-order valence-corrected chi connectivity index (χ2v) is 7.34. The third kappa shape index (κ3) is 3.75. The Hall–Kier alpha value is -0.570. The zero-order valence-corrected chi connectivity index (χ0v) is 13.5. The van der Waals surface area contributed by atoms with E-state index in [9.17, 15) is 4.79 Å². The fourth-order valence-electron chi connectivity index (χ4n) is 4.05. The van der Waals surface area contributed by atoms with Gasteiger partial charge < -0.3 is 10.6 Å². The summed E-state index contributed by atoms with van der Waals surface area (Å²) >= 11 is 0. The molecule has 20 heavy (non-hydrogen) atoms. The summed E-state index contributed by atoms with van der Waals surface area (Å²) in [4.78, 5) is 14.8. The van der Waals surface area contributed by atoms with E-state index in [1.54, 1.807) is 0 Å². The lowest BCUT2D eigenvalue weighted by Gasteiger charge is -2.37. The molecule has 2 aliphatic rings. The molecule has 0 aliphatic heterocycles. The molecule has 0 radical (unpaired) electrons. The van der Waals surface area contributed by atoms with Crippen molar-refractivity contribution in [1.82, 2.24) is 4.90 Å². The fourth-order valence-corrected chi connectivity index (χ4v) is 4.05. The van der Waals surface area contributed by atoms with E-state index in [4.69, 9.17) is 5.73 Å². The number of hydrogen-bond acceptors (Lipinski definition) is 2. The average molecular weight is 280 g/mol. The molecule has 0 bridgehead atoms. The second-order valence-electron chi connectivity index (χ2n) is 7.34. The molecule has 0 heterocycles. The molecule has 2 N–H and O–H groups in total. The lowest BCUT2D eigenvalue weighted by Crippen LogP contribution is -2.44. The molecule has 2 aliphatic carbocycles. The van der Waals surface area contributed by atoms with Gasteiger partial charge in [0, 0.05) is 25.0 Å². The van der Waals surface area contributed by atoms with E-state index >= 15 is 0 Å². The van der Waals surface area contributed by atoms with Gasteiger partial charge in [-0.3, -0.25) is 4.79 Å². The predicted molar refractivity (Wildman–Crippen MR) is 83.3 cm³/mol. The maximum atomic E-state index is 12.7. The topological polar surface area (TPSA) is 46.3 Å². The fraction of sp³-hybridized carbons (Fsp3) is 0.941. The molecule has 3 nitrogen and oxygen atoms in total. The Morgan fingerprint density at radius 1 is 1.15 bits per heavy atom. The lowest BCUT2D eigenvalue weighted by atomic mass is 9.78. The van der Waals surface area contributed by atoms with Gasteiger partial charge in [-0.05, 0) is 56.8 Å². The Kier molecular flexibility index (Phi) is 5.48. The van der Waals surface area contributed by atoms with Crippen LogP contribution >= 0.6 is 0 Å². The number of hydrogen-bond donors (Lipinski definition) is 1. The van der Waals surface area contributed by atoms with Gasteiger partial charge in [0.2, 0.25) is 5.91 Å². The van der Waals surface area contributed by atoms with Gasteiger partial charge in [-0.1, -0.05) is 20.3 Å². The van der Waals surface area contributed by atoms with E-state index < -0.39 is 0 Å². The lowest BCUT2D eigenvalue weighted by molar-refractivity contribution is -0.138. The van der Waals surface area contributed by atoms with Crippen LogP contribution in [-0.2, 0) is 4.79 Å². The minimum Gasteiger partial charge on any atom is -0.343 e. The minimum atomic E-state index is 0.144. The van der Waals surface area contributed by atoms with Crippen LogP contribution in [0.2, 0.25) is 0 Å². The quantitative estimate of drug-likeness (QED) is 0.863. The van der Waals surface area contributed by atoms with Gasteiger partial charge >= 0.3 is 0 Å². The number of nitrogens with zero attached hydrogens (tertiary/aromatic N) is 1. The van der Waals surface area contributed by atoms with Gasteiger partial charge in [-0.15, -0.1) is 0 Å². The standard InChI is InChI=1S/C17H32N2O/c1-12-7-9-16(10-8-12)19(3)17(20)13(2)14-5-4-6-15(18)11-14/h12-16H,4-11,18H2,1-3H3. The monoisotopic (exact) mass is 280 g/mol. The summed E-state index contributed by atoms with van der Waals surface area (Å²) in [6.07, 6.45) is 9.43. The van der Waals surface area contributed by atoms with Gasteiger partial charge in [0.1, 0.15) is 0 Å². The van der Waals surface area contributed by atoms with Crippen LogP contribution in [0.1, 0.15) is 65.2 Å². The van der Waals surface area contributed by atoms with E-state index in [1.807, 2.05) is 7.05 Å². The largest absolute Gasteiger partial charge is 0.343 e. The molecule has 2 rings (SSSR count). The summed E-state index contributed by atoms with van der Waals surface area (Å²) in [6, 6.07) is 0.781. The number of amides is 1. The first-order valence-electron chi connectivity index (χ1n) is 8.51. The molecule has 3 atom stereocenters. The summed E-state index contributed by atoms with van der Waals surface area (Å²) in [5.74, 6) is 1.83. The maximum Gasteiger partial charge on any atom is 0.225 e. The number of carbonyl (C=O) groups excluding carboxylic acids is 1. The van der Waals surface area contributed by atoms with Crippen molar-refractivity contribution in [3.05, 3.63) is 0 Å². The molecular weight excluding hydrogens is 248 g/mol. The zero-order valence-electron chi connectivity index (χ0n) is 13.5. The number of nitrogens with two attached hydrogens (primary N) is 1. The first-order valence-corrected chi connectivity index (χ1v) is 8.51. The van der Waals surface area contributed by atoms with Crippen molar-refractivity contribution >= 4 is 5.91 Å². The van der Waals surface area contributed by atoms with Crippen LogP contribution in [0.25, 0.3) is 0 Å². The smallest absolute Gasteiger partial charge is 0.225 e. The average Bonchev–Trinajstić information content (AvgIpc) is 2.46. The maximum absolute atomic E-state index is 12.7. The highest BCUT2D eigenvalue weighted by Crippen LogP contribution is 2.32. The third-order valence-electron chi connectivity index (χ3n) is 5.73. The van der Waals surface area contributed by atoms with E-state index in [2.05, 4.69) is 18.7 Å². The van der Waals surface area contributed by atoms with Crippen LogP contribution in [-0.4, -0.2) is 29.9 Å². The predicted octanol–water partition coefficient (Wildman–Crippen LogP) is 3.18. The normalized spacial score (nSPS) is 36.4. The second kappa shape index (κ2) is 6.93. The van der Waals surface area contributed by atoms with Crippen LogP contribution in [0.4, 0.5) is 0 Å². The highest BCUT2D eigenvalue weighted by molar-refractivity contribution is 5.78. The van der Waals surface area contributed by atoms with E-state index in [0.717, 1.165) is 18.8 Å². The zero-order chi connectivity index (χ0) is 14.7. The van der Waals surface area contributed by atoms with Crippen molar-refractivity contribution in [2.45, 2.75) is 77.3 Å². The van der Waals surface area contributed by atoms with Gasteiger partial charge in [0.05, 0.1) is 0 Å². The van der Waals surface area contributed by atoms with Gasteiger partial charge in [0.15, 0.2) is 0 Å². The van der Waals surface area contributed by atoms with Crippen molar-refractivity contribution in [2.75, 3.05) is 7.05 Å². The van der Waals surface area contributed by atoms with Crippen molar-refractivity contribution in [3.8, 4) is 0 Å². The molecule has 0 aromatic carbocycles. The first kappa shape index (κ1) is 15.8. The Morgan fingerprint density at radius 2 is 1.80 bits per heavy atom. The molecular formula is C17H32N2O. The van der Waals surface area contributed by atoms with Crippen LogP contribution < -0.4 is 5.73 Å². The molecule has 0 aromatic rings. The van der Waals surface area contributed by atoms with Crippen molar-refractivity contribution in [2.24, 2.45) is 23.5 Å². The van der Waals surface area contributed by atoms with Crippen LogP contribution in [0.3, 0.4) is 0 Å². The van der Waals surface area contributed by atoms with Crippen molar-refractivity contribution < 1.29 is 4.79 Å². The molecule has 2 fully saturated rings. The first-order chi connectivity index (χ1) is 9.49. The molecule has 0 spiro atoms. The van der Waals surface area contributed by atoms with E-state index in [0.29, 0.717) is 23.9 Å². The highest BCUT2D eigenvalue weighted by Gasteiger charge is 2.33. The van der Waals surface area contributed by atoms with Gasteiger partial charge in [0.25, 0.3) is 0 Å². The number of rotatable bonds is 3. The highest BCUT2D eigenvalue weighted by atomic mass is 16.2. The molecule has 116 valence electrons. The minimum absolute atomic E-state index is 0.144. The van der Waals surface area contributed by atoms with Crippen molar-refractivity contribution in [1.29, 1.82) is 0 Å². The Balaban J connectivity index is 1.88. The summed E-state index contributed by atoms with van der Waals surface area (Å²) in [5.41, 5.74) is 6.07. The summed E-state index contributed by atoms with van der Waals surface area (Å²) in [6.45, 7) is 4.44. The third-order valence-corrected chi connectivity index (χ3v) is 5.73. The molecule has 2 saturated carbocycles. The van der Waals surface area contributed by atoms with Gasteiger partial charge in [-0.25, -0.2) is 0 Å². The van der Waals surface area contributed by atoms with Crippen LogP contribution in [0.5, 0.6) is 0 Å². The summed E-state index contributed by atoms with van der Waals surface area (Å²) in [5, 5.41) is 0. The molecule has 3 unspecified atom stereocenters. The SMILES string of the molecule is CC1CCC(N(C)C(=O)C(C)C2CCCC(N)C2)CC1. The molecule has 1 amide bonds. The molecule has 0 saturated heterocycles. The molecule has 3 heteroatoms. The Labute approximate surface area is 124 Å². The van der Waals surface area contributed by atoms with E-state index in [-0.39, 0.29) is 5.92 Å². The van der Waals surface area contributed by atoms with Crippen LogP contribution in [0.15, 0.2) is 0 Å². The Bertz CT molecular complexity index is 323. The summed E-state index contributed by atoms with van der Waals surface area (Å²) < 4.78 is 0. The molecule has 0 aromatic heterocycles. The van der Waals surface area contributed by atoms with E-state index in [1.165, 1.54) is 38.5 Å². The number of carbonyl (C=O) groups is 1. The van der Waals surface area contributed by atoms with Gasteiger partial charge in [-0.2, -0.15) is 0 Å².